The van der Waals surface area contributed by atoms with Gasteiger partial charge in [-0.15, -0.1) is 0 Å². The lowest BCUT2D eigenvalue weighted by Gasteiger charge is -2.23. The van der Waals surface area contributed by atoms with Gasteiger partial charge in [0, 0.05) is 18.6 Å². The molecule has 0 radical (unpaired) electrons. The van der Waals surface area contributed by atoms with Crippen LogP contribution >= 0.6 is 0 Å². The molecule has 1 aromatic rings. The van der Waals surface area contributed by atoms with Crippen LogP contribution in [0.2, 0.25) is 0 Å². The van der Waals surface area contributed by atoms with Gasteiger partial charge in [0.05, 0.1) is 0 Å². The highest BCUT2D eigenvalue weighted by atomic mass is 15.2. The molecule has 1 fully saturated rings. The first kappa shape index (κ1) is 15.5. The van der Waals surface area contributed by atoms with Crippen molar-refractivity contribution in [3.05, 3.63) is 35.4 Å². The Morgan fingerprint density at radius 1 is 1.20 bits per heavy atom. The fourth-order valence-corrected chi connectivity index (χ4v) is 3.08. The predicted octanol–water partition coefficient (Wildman–Crippen LogP) is 3.63. The van der Waals surface area contributed by atoms with Crippen LogP contribution in [0.25, 0.3) is 0 Å². The van der Waals surface area contributed by atoms with E-state index in [1.54, 1.807) is 0 Å². The second-order valence-electron chi connectivity index (χ2n) is 6.75. The molecule has 1 aromatic carbocycles. The van der Waals surface area contributed by atoms with Crippen molar-refractivity contribution in [3.63, 3.8) is 0 Å². The average Bonchev–Trinajstić information content (AvgIpc) is 2.82. The standard InChI is InChI=1S/C18H30N2/c1-14(2)12-16-7-9-17(10-8-16)15(3)19-13-18-6-5-11-20(18)4/h7-10,14-15,18-19H,5-6,11-13H2,1-4H3. The molecule has 0 spiro atoms. The summed E-state index contributed by atoms with van der Waals surface area (Å²) in [6.45, 7) is 9.18. The van der Waals surface area contributed by atoms with E-state index in [2.05, 4.69) is 62.3 Å². The predicted molar refractivity (Wildman–Crippen MR) is 87.1 cm³/mol. The van der Waals surface area contributed by atoms with Crippen molar-refractivity contribution in [2.45, 2.75) is 52.1 Å². The molecule has 0 amide bonds. The van der Waals surface area contributed by atoms with Gasteiger partial charge in [-0.05, 0) is 56.8 Å². The molecule has 1 aliphatic heterocycles. The van der Waals surface area contributed by atoms with Crippen molar-refractivity contribution in [2.75, 3.05) is 20.1 Å². The Balaban J connectivity index is 1.84. The molecular weight excluding hydrogens is 244 g/mol. The second-order valence-corrected chi connectivity index (χ2v) is 6.75. The molecule has 112 valence electrons. The first-order valence-corrected chi connectivity index (χ1v) is 8.08. The summed E-state index contributed by atoms with van der Waals surface area (Å²) in [7, 11) is 2.24. The number of nitrogens with one attached hydrogen (secondary N) is 1. The molecule has 1 heterocycles. The zero-order valence-electron chi connectivity index (χ0n) is 13.5. The summed E-state index contributed by atoms with van der Waals surface area (Å²) in [6, 6.07) is 10.3. The lowest BCUT2D eigenvalue weighted by molar-refractivity contribution is 0.293. The lowest BCUT2D eigenvalue weighted by Crippen LogP contribution is -2.36. The first-order chi connectivity index (χ1) is 9.56. The number of benzene rings is 1. The van der Waals surface area contributed by atoms with E-state index in [0.717, 1.165) is 18.5 Å². The van der Waals surface area contributed by atoms with Crippen LogP contribution in [0, 0.1) is 5.92 Å². The maximum absolute atomic E-state index is 3.69. The zero-order chi connectivity index (χ0) is 14.5. The van der Waals surface area contributed by atoms with Gasteiger partial charge < -0.3 is 10.2 Å². The van der Waals surface area contributed by atoms with Crippen molar-refractivity contribution in [2.24, 2.45) is 5.92 Å². The molecule has 0 saturated carbocycles. The highest BCUT2D eigenvalue weighted by Gasteiger charge is 2.20. The quantitative estimate of drug-likeness (QED) is 0.852. The average molecular weight is 274 g/mol. The summed E-state index contributed by atoms with van der Waals surface area (Å²) in [6.07, 6.45) is 3.86. The highest BCUT2D eigenvalue weighted by molar-refractivity contribution is 5.25. The molecule has 2 atom stereocenters. The van der Waals surface area contributed by atoms with Crippen LogP contribution in [0.5, 0.6) is 0 Å². The van der Waals surface area contributed by atoms with Gasteiger partial charge in [0.25, 0.3) is 0 Å². The molecule has 2 rings (SSSR count). The molecule has 2 unspecified atom stereocenters. The smallest absolute Gasteiger partial charge is 0.0292 e. The third kappa shape index (κ3) is 4.32. The maximum Gasteiger partial charge on any atom is 0.0292 e. The normalized spacial score (nSPS) is 21.6. The van der Waals surface area contributed by atoms with Gasteiger partial charge in [-0.1, -0.05) is 38.1 Å². The second kappa shape index (κ2) is 7.24. The summed E-state index contributed by atoms with van der Waals surface area (Å²) < 4.78 is 0. The van der Waals surface area contributed by atoms with Gasteiger partial charge in [-0.25, -0.2) is 0 Å². The number of hydrogen-bond acceptors (Lipinski definition) is 2. The number of likely N-dealkylation sites (tertiary alicyclic amines) is 1. The maximum atomic E-state index is 3.69. The fourth-order valence-electron chi connectivity index (χ4n) is 3.08. The molecule has 0 bridgehead atoms. The van der Waals surface area contributed by atoms with Crippen LogP contribution in [0.3, 0.4) is 0 Å². The Labute approximate surface area is 124 Å². The Morgan fingerprint density at radius 2 is 1.90 bits per heavy atom. The van der Waals surface area contributed by atoms with Crippen LogP contribution in [0.1, 0.15) is 50.8 Å². The van der Waals surface area contributed by atoms with Gasteiger partial charge in [-0.2, -0.15) is 0 Å². The lowest BCUT2D eigenvalue weighted by atomic mass is 10.00. The topological polar surface area (TPSA) is 15.3 Å². The first-order valence-electron chi connectivity index (χ1n) is 8.08. The number of rotatable bonds is 6. The summed E-state index contributed by atoms with van der Waals surface area (Å²) in [5, 5.41) is 3.69. The molecule has 0 aromatic heterocycles. The fraction of sp³-hybridized carbons (Fsp3) is 0.667. The summed E-state index contributed by atoms with van der Waals surface area (Å²) in [5.41, 5.74) is 2.85. The molecule has 1 N–H and O–H groups in total. The van der Waals surface area contributed by atoms with Gasteiger partial charge in [-0.3, -0.25) is 0 Å². The summed E-state index contributed by atoms with van der Waals surface area (Å²) in [5.74, 6) is 0.731. The number of nitrogens with zero attached hydrogens (tertiary/aromatic N) is 1. The SMILES string of the molecule is CC(C)Cc1ccc(C(C)NCC2CCCN2C)cc1. The highest BCUT2D eigenvalue weighted by Crippen LogP contribution is 2.18. The van der Waals surface area contributed by atoms with E-state index in [-0.39, 0.29) is 0 Å². The Hall–Kier alpha value is -0.860. The Morgan fingerprint density at radius 3 is 2.45 bits per heavy atom. The van der Waals surface area contributed by atoms with E-state index in [4.69, 9.17) is 0 Å². The third-order valence-corrected chi connectivity index (χ3v) is 4.45. The minimum Gasteiger partial charge on any atom is -0.309 e. The summed E-state index contributed by atoms with van der Waals surface area (Å²) >= 11 is 0. The van der Waals surface area contributed by atoms with Crippen LogP contribution in [-0.2, 0) is 6.42 Å². The Bertz CT molecular complexity index is 396. The molecule has 0 aliphatic carbocycles. The molecule has 2 nitrogen and oxygen atoms in total. The number of likely N-dealkylation sites (N-methyl/N-ethyl adjacent to an activating group) is 1. The molecule has 1 aliphatic rings. The van der Waals surface area contributed by atoms with Crippen LogP contribution in [-0.4, -0.2) is 31.1 Å². The summed E-state index contributed by atoms with van der Waals surface area (Å²) in [4.78, 5) is 2.48. The van der Waals surface area contributed by atoms with Gasteiger partial charge in [0.2, 0.25) is 0 Å². The van der Waals surface area contributed by atoms with Crippen molar-refractivity contribution in [3.8, 4) is 0 Å². The van der Waals surface area contributed by atoms with Crippen molar-refractivity contribution in [1.29, 1.82) is 0 Å². The third-order valence-electron chi connectivity index (χ3n) is 4.45. The largest absolute Gasteiger partial charge is 0.309 e. The van der Waals surface area contributed by atoms with Crippen molar-refractivity contribution >= 4 is 0 Å². The van der Waals surface area contributed by atoms with E-state index in [0.29, 0.717) is 6.04 Å². The van der Waals surface area contributed by atoms with Gasteiger partial charge >= 0.3 is 0 Å². The minimum atomic E-state index is 0.442. The van der Waals surface area contributed by atoms with E-state index < -0.39 is 0 Å². The molecule has 20 heavy (non-hydrogen) atoms. The zero-order valence-corrected chi connectivity index (χ0v) is 13.5. The monoisotopic (exact) mass is 274 g/mol. The Kier molecular flexibility index (Phi) is 5.62. The van der Waals surface area contributed by atoms with Crippen molar-refractivity contribution < 1.29 is 0 Å². The number of hydrogen-bond donors (Lipinski definition) is 1. The van der Waals surface area contributed by atoms with Crippen LogP contribution in [0.4, 0.5) is 0 Å². The van der Waals surface area contributed by atoms with E-state index >= 15 is 0 Å². The van der Waals surface area contributed by atoms with E-state index in [9.17, 15) is 0 Å². The molecule has 1 saturated heterocycles. The van der Waals surface area contributed by atoms with Crippen LogP contribution < -0.4 is 5.32 Å². The van der Waals surface area contributed by atoms with Gasteiger partial charge in [0.1, 0.15) is 0 Å². The van der Waals surface area contributed by atoms with Crippen LogP contribution in [0.15, 0.2) is 24.3 Å². The minimum absolute atomic E-state index is 0.442. The molecular formula is C18H30N2. The van der Waals surface area contributed by atoms with E-state index in [1.165, 1.54) is 36.9 Å². The van der Waals surface area contributed by atoms with E-state index in [1.807, 2.05) is 0 Å². The van der Waals surface area contributed by atoms with Crippen molar-refractivity contribution in [1.82, 2.24) is 10.2 Å². The van der Waals surface area contributed by atoms with Gasteiger partial charge in [0.15, 0.2) is 0 Å². The molecule has 2 heteroatoms.